The quantitative estimate of drug-likeness (QED) is 0.815. The van der Waals surface area contributed by atoms with Gasteiger partial charge in [0.15, 0.2) is 5.78 Å². The Kier molecular flexibility index (Phi) is 3.97. The third kappa shape index (κ3) is 2.44. The van der Waals surface area contributed by atoms with E-state index in [0.29, 0.717) is 11.8 Å². The van der Waals surface area contributed by atoms with Crippen molar-refractivity contribution in [1.82, 2.24) is 4.57 Å². The number of rotatable bonds is 4. The SMILES string of the molecule is CSCCC(C)n1c(C)cc2c1CCCC2=O. The number of carbonyl (C=O) groups excluding carboxylic acids is 1. The largest absolute Gasteiger partial charge is 0.345 e. The molecule has 0 radical (unpaired) electrons. The summed E-state index contributed by atoms with van der Waals surface area (Å²) in [5.41, 5.74) is 3.52. The predicted molar refractivity (Wildman–Crippen MR) is 74.1 cm³/mol. The van der Waals surface area contributed by atoms with E-state index in [-0.39, 0.29) is 0 Å². The lowest BCUT2D eigenvalue weighted by molar-refractivity contribution is 0.0971. The van der Waals surface area contributed by atoms with Crippen molar-refractivity contribution >= 4 is 17.5 Å². The average molecular weight is 251 g/mol. The number of aromatic nitrogens is 1. The lowest BCUT2D eigenvalue weighted by Gasteiger charge is -2.21. The number of thioether (sulfide) groups is 1. The van der Waals surface area contributed by atoms with Gasteiger partial charge in [0, 0.05) is 29.4 Å². The highest BCUT2D eigenvalue weighted by molar-refractivity contribution is 7.98. The molecule has 3 heteroatoms. The standard InChI is InChI=1S/C14H21NOS/c1-10(7-8-17-3)15-11(2)9-12-13(15)5-4-6-14(12)16/h9-10H,4-8H2,1-3H3. The fourth-order valence-corrected chi connectivity index (χ4v) is 3.36. The van der Waals surface area contributed by atoms with E-state index >= 15 is 0 Å². The van der Waals surface area contributed by atoms with Gasteiger partial charge in [-0.2, -0.15) is 11.8 Å². The first-order valence-electron chi connectivity index (χ1n) is 6.38. The molecule has 0 bridgehead atoms. The van der Waals surface area contributed by atoms with E-state index in [9.17, 15) is 4.79 Å². The molecule has 0 aromatic carbocycles. The smallest absolute Gasteiger partial charge is 0.164 e. The number of aryl methyl sites for hydroxylation is 1. The maximum atomic E-state index is 11.9. The molecule has 17 heavy (non-hydrogen) atoms. The molecule has 0 fully saturated rings. The molecule has 0 saturated heterocycles. The van der Waals surface area contributed by atoms with Gasteiger partial charge < -0.3 is 4.57 Å². The molecule has 0 spiro atoms. The zero-order chi connectivity index (χ0) is 12.4. The molecule has 1 aromatic heterocycles. The molecule has 1 aromatic rings. The van der Waals surface area contributed by atoms with E-state index in [1.807, 2.05) is 11.8 Å². The maximum Gasteiger partial charge on any atom is 0.164 e. The van der Waals surface area contributed by atoms with Crippen molar-refractivity contribution in [1.29, 1.82) is 0 Å². The molecular weight excluding hydrogens is 230 g/mol. The van der Waals surface area contributed by atoms with Gasteiger partial charge in [-0.1, -0.05) is 0 Å². The number of ketones is 1. The normalized spacial score (nSPS) is 17.0. The van der Waals surface area contributed by atoms with E-state index < -0.39 is 0 Å². The topological polar surface area (TPSA) is 22.0 Å². The highest BCUT2D eigenvalue weighted by Crippen LogP contribution is 2.29. The van der Waals surface area contributed by atoms with Crippen molar-refractivity contribution in [3.63, 3.8) is 0 Å². The fourth-order valence-electron chi connectivity index (χ4n) is 2.78. The van der Waals surface area contributed by atoms with Crippen molar-refractivity contribution in [3.05, 3.63) is 23.0 Å². The van der Waals surface area contributed by atoms with Gasteiger partial charge in [0.2, 0.25) is 0 Å². The van der Waals surface area contributed by atoms with Gasteiger partial charge >= 0.3 is 0 Å². The van der Waals surface area contributed by atoms with Crippen LogP contribution < -0.4 is 0 Å². The number of carbonyl (C=O) groups is 1. The predicted octanol–water partition coefficient (Wildman–Crippen LogP) is 3.63. The number of nitrogens with zero attached hydrogens (tertiary/aromatic N) is 1. The van der Waals surface area contributed by atoms with Gasteiger partial charge in [-0.15, -0.1) is 0 Å². The van der Waals surface area contributed by atoms with Crippen molar-refractivity contribution < 1.29 is 4.79 Å². The van der Waals surface area contributed by atoms with Crippen LogP contribution in [0.3, 0.4) is 0 Å². The summed E-state index contributed by atoms with van der Waals surface area (Å²) in [6, 6.07) is 2.60. The summed E-state index contributed by atoms with van der Waals surface area (Å²) >= 11 is 1.89. The summed E-state index contributed by atoms with van der Waals surface area (Å²) in [5.74, 6) is 1.52. The Bertz CT molecular complexity index is 422. The molecule has 1 aliphatic carbocycles. The molecule has 1 atom stereocenters. The summed E-state index contributed by atoms with van der Waals surface area (Å²) in [4.78, 5) is 11.9. The number of hydrogen-bond acceptors (Lipinski definition) is 2. The van der Waals surface area contributed by atoms with Crippen LogP contribution in [-0.2, 0) is 6.42 Å². The Morgan fingerprint density at radius 3 is 2.94 bits per heavy atom. The van der Waals surface area contributed by atoms with Gasteiger partial charge in [-0.3, -0.25) is 4.79 Å². The van der Waals surface area contributed by atoms with Gasteiger partial charge in [-0.25, -0.2) is 0 Å². The fraction of sp³-hybridized carbons (Fsp3) is 0.643. The third-order valence-electron chi connectivity index (χ3n) is 3.63. The van der Waals surface area contributed by atoms with E-state index in [2.05, 4.69) is 30.7 Å². The zero-order valence-corrected chi connectivity index (χ0v) is 11.8. The lowest BCUT2D eigenvalue weighted by atomic mass is 9.96. The number of Topliss-reactive ketones (excluding diaryl/α,β-unsaturated/α-hetero) is 1. The molecule has 0 saturated carbocycles. The van der Waals surface area contributed by atoms with Crippen LogP contribution in [0.2, 0.25) is 0 Å². The molecule has 1 unspecified atom stereocenters. The molecule has 1 heterocycles. The molecular formula is C14H21NOS. The molecule has 0 amide bonds. The second-order valence-electron chi connectivity index (χ2n) is 4.92. The highest BCUT2D eigenvalue weighted by atomic mass is 32.2. The first-order valence-corrected chi connectivity index (χ1v) is 7.77. The maximum absolute atomic E-state index is 11.9. The van der Waals surface area contributed by atoms with Gasteiger partial charge in [-0.05, 0) is 51.2 Å². The minimum Gasteiger partial charge on any atom is -0.345 e. The van der Waals surface area contributed by atoms with Crippen LogP contribution in [0.25, 0.3) is 0 Å². The first-order chi connectivity index (χ1) is 8.15. The van der Waals surface area contributed by atoms with E-state index in [1.165, 1.54) is 23.6 Å². The van der Waals surface area contributed by atoms with Crippen LogP contribution in [0.4, 0.5) is 0 Å². The van der Waals surface area contributed by atoms with Crippen LogP contribution >= 0.6 is 11.8 Å². The second kappa shape index (κ2) is 5.30. The van der Waals surface area contributed by atoms with Crippen LogP contribution in [0.1, 0.15) is 54.0 Å². The minimum atomic E-state index is 0.338. The lowest BCUT2D eigenvalue weighted by Crippen LogP contribution is -2.16. The summed E-state index contributed by atoms with van der Waals surface area (Å²) in [6.45, 7) is 4.39. The average Bonchev–Trinajstić information content (AvgIpc) is 2.64. The van der Waals surface area contributed by atoms with Gasteiger partial charge in [0.05, 0.1) is 0 Å². The van der Waals surface area contributed by atoms with E-state index in [1.54, 1.807) is 0 Å². The number of fused-ring (bicyclic) bond motifs is 1. The van der Waals surface area contributed by atoms with Crippen molar-refractivity contribution in [3.8, 4) is 0 Å². The monoisotopic (exact) mass is 251 g/mol. The highest BCUT2D eigenvalue weighted by Gasteiger charge is 2.24. The molecule has 1 aliphatic rings. The number of hydrogen-bond donors (Lipinski definition) is 0. The molecule has 0 N–H and O–H groups in total. The van der Waals surface area contributed by atoms with Crippen LogP contribution in [-0.4, -0.2) is 22.4 Å². The van der Waals surface area contributed by atoms with Crippen molar-refractivity contribution in [2.75, 3.05) is 12.0 Å². The van der Waals surface area contributed by atoms with E-state index in [0.717, 1.165) is 24.8 Å². The Balaban J connectivity index is 2.30. The second-order valence-corrected chi connectivity index (χ2v) is 5.91. The molecule has 94 valence electrons. The van der Waals surface area contributed by atoms with Gasteiger partial charge in [0.1, 0.15) is 0 Å². The Labute approximate surface area is 108 Å². The van der Waals surface area contributed by atoms with Crippen molar-refractivity contribution in [2.24, 2.45) is 0 Å². The summed E-state index contributed by atoms with van der Waals surface area (Å²) in [5, 5.41) is 0. The van der Waals surface area contributed by atoms with Crippen LogP contribution in [0.5, 0.6) is 0 Å². The Hall–Kier alpha value is -0.700. The molecule has 2 rings (SSSR count). The Morgan fingerprint density at radius 2 is 2.24 bits per heavy atom. The summed E-state index contributed by atoms with van der Waals surface area (Å²) in [6.07, 6.45) is 6.14. The zero-order valence-electron chi connectivity index (χ0n) is 11.0. The van der Waals surface area contributed by atoms with E-state index in [4.69, 9.17) is 0 Å². The van der Waals surface area contributed by atoms with Gasteiger partial charge in [0.25, 0.3) is 0 Å². The van der Waals surface area contributed by atoms with Crippen molar-refractivity contribution in [2.45, 2.75) is 45.6 Å². The third-order valence-corrected chi connectivity index (χ3v) is 4.28. The summed E-state index contributed by atoms with van der Waals surface area (Å²) < 4.78 is 2.39. The molecule has 0 aliphatic heterocycles. The van der Waals surface area contributed by atoms with Crippen LogP contribution in [0, 0.1) is 6.92 Å². The summed E-state index contributed by atoms with van der Waals surface area (Å²) in [7, 11) is 0. The Morgan fingerprint density at radius 1 is 1.47 bits per heavy atom. The minimum absolute atomic E-state index is 0.338. The molecule has 2 nitrogen and oxygen atoms in total. The van der Waals surface area contributed by atoms with Crippen LogP contribution in [0.15, 0.2) is 6.07 Å². The first kappa shape index (κ1) is 12.7.